The van der Waals surface area contributed by atoms with Gasteiger partial charge >= 0.3 is 0 Å². The predicted molar refractivity (Wildman–Crippen MR) is 139 cm³/mol. The second kappa shape index (κ2) is 8.70. The maximum absolute atomic E-state index is 12.1. The Labute approximate surface area is 206 Å². The Kier molecular flexibility index (Phi) is 5.22. The number of rotatable bonds is 5. The smallest absolute Gasteiger partial charge is 0.226 e. The zero-order valence-corrected chi connectivity index (χ0v) is 19.6. The Morgan fingerprint density at radius 1 is 0.861 bits per heavy atom. The summed E-state index contributed by atoms with van der Waals surface area (Å²) in [6.45, 7) is 3.70. The highest BCUT2D eigenvalue weighted by molar-refractivity contribution is 6.00. The van der Waals surface area contributed by atoms with Gasteiger partial charge in [0.15, 0.2) is 5.65 Å². The zero-order valence-electron chi connectivity index (χ0n) is 19.6. The molecule has 0 aliphatic rings. The molecule has 0 radical (unpaired) electrons. The molecule has 0 fully saturated rings. The van der Waals surface area contributed by atoms with Crippen LogP contribution in [0, 0.1) is 5.92 Å². The number of hydrogen-bond acceptors (Lipinski definition) is 6. The van der Waals surface area contributed by atoms with E-state index in [1.807, 2.05) is 44.2 Å². The normalized spacial score (nSPS) is 11.4. The van der Waals surface area contributed by atoms with Crippen molar-refractivity contribution in [1.29, 1.82) is 0 Å². The number of aromatic nitrogens is 7. The van der Waals surface area contributed by atoms with Crippen LogP contribution in [0.5, 0.6) is 0 Å². The van der Waals surface area contributed by atoms with Crippen molar-refractivity contribution in [3.8, 4) is 33.6 Å². The number of hydrogen-bond donors (Lipinski definition) is 3. The number of amides is 1. The van der Waals surface area contributed by atoms with Crippen LogP contribution in [0.4, 0.5) is 5.69 Å². The number of anilines is 1. The molecule has 0 unspecified atom stereocenters. The molecule has 176 valence electrons. The lowest BCUT2D eigenvalue weighted by Crippen LogP contribution is -2.17. The van der Waals surface area contributed by atoms with E-state index in [2.05, 4.69) is 46.5 Å². The quantitative estimate of drug-likeness (QED) is 0.315. The van der Waals surface area contributed by atoms with Gasteiger partial charge < -0.3 is 10.3 Å². The second-order valence-electron chi connectivity index (χ2n) is 8.84. The third-order valence-electron chi connectivity index (χ3n) is 6.07. The van der Waals surface area contributed by atoms with Crippen LogP contribution < -0.4 is 5.32 Å². The molecular weight excluding hydrogens is 452 g/mol. The van der Waals surface area contributed by atoms with E-state index < -0.39 is 0 Å². The summed E-state index contributed by atoms with van der Waals surface area (Å²) in [7, 11) is 0. The Morgan fingerprint density at radius 3 is 2.53 bits per heavy atom. The fourth-order valence-corrected chi connectivity index (χ4v) is 4.16. The molecule has 6 rings (SSSR count). The van der Waals surface area contributed by atoms with Crippen molar-refractivity contribution in [2.45, 2.75) is 13.8 Å². The van der Waals surface area contributed by atoms with Gasteiger partial charge in [-0.1, -0.05) is 13.8 Å². The summed E-state index contributed by atoms with van der Waals surface area (Å²) >= 11 is 0. The van der Waals surface area contributed by atoms with Gasteiger partial charge in [-0.25, -0.2) is 9.97 Å². The van der Waals surface area contributed by atoms with Gasteiger partial charge in [-0.2, -0.15) is 5.10 Å². The minimum absolute atomic E-state index is 0.0572. The fourth-order valence-electron chi connectivity index (χ4n) is 4.16. The number of pyridine rings is 4. The Hall–Kier alpha value is -4.92. The van der Waals surface area contributed by atoms with Gasteiger partial charge in [0.05, 0.1) is 23.3 Å². The van der Waals surface area contributed by atoms with Gasteiger partial charge in [-0.15, -0.1) is 0 Å². The first-order valence-electron chi connectivity index (χ1n) is 11.6. The predicted octanol–water partition coefficient (Wildman–Crippen LogP) is 5.22. The lowest BCUT2D eigenvalue weighted by Gasteiger charge is -2.09. The summed E-state index contributed by atoms with van der Waals surface area (Å²) in [6.07, 6.45) is 10.5. The second-order valence-corrected chi connectivity index (χ2v) is 8.84. The van der Waals surface area contributed by atoms with Crippen LogP contribution in [0.15, 0.2) is 73.6 Å². The summed E-state index contributed by atoms with van der Waals surface area (Å²) in [5, 5.41) is 12.3. The van der Waals surface area contributed by atoms with Crippen LogP contribution >= 0.6 is 0 Å². The van der Waals surface area contributed by atoms with Crippen molar-refractivity contribution >= 4 is 33.7 Å². The van der Waals surface area contributed by atoms with E-state index in [-0.39, 0.29) is 11.8 Å². The van der Waals surface area contributed by atoms with Gasteiger partial charge in [0, 0.05) is 58.8 Å². The molecule has 0 spiro atoms. The average Bonchev–Trinajstić information content (AvgIpc) is 3.53. The summed E-state index contributed by atoms with van der Waals surface area (Å²) in [5.41, 5.74) is 7.55. The first-order valence-corrected chi connectivity index (χ1v) is 11.6. The van der Waals surface area contributed by atoms with Crippen LogP contribution in [0.3, 0.4) is 0 Å². The first kappa shape index (κ1) is 21.6. The maximum Gasteiger partial charge on any atom is 0.226 e. The van der Waals surface area contributed by atoms with Gasteiger partial charge in [0.2, 0.25) is 5.91 Å². The molecule has 9 nitrogen and oxygen atoms in total. The van der Waals surface area contributed by atoms with Crippen molar-refractivity contribution in [2.75, 3.05) is 5.32 Å². The van der Waals surface area contributed by atoms with E-state index in [0.717, 1.165) is 50.1 Å². The zero-order chi connectivity index (χ0) is 24.6. The third-order valence-corrected chi connectivity index (χ3v) is 6.07. The Bertz CT molecular complexity index is 1720. The molecule has 1 amide bonds. The third kappa shape index (κ3) is 3.86. The molecule has 6 aromatic rings. The molecule has 0 aromatic carbocycles. The van der Waals surface area contributed by atoms with Crippen LogP contribution in [-0.2, 0) is 4.79 Å². The summed E-state index contributed by atoms with van der Waals surface area (Å²) in [4.78, 5) is 33.0. The number of nitrogens with one attached hydrogen (secondary N) is 3. The lowest BCUT2D eigenvalue weighted by atomic mass is 10.0. The van der Waals surface area contributed by atoms with Crippen LogP contribution in [0.2, 0.25) is 0 Å². The van der Waals surface area contributed by atoms with Crippen LogP contribution in [0.1, 0.15) is 13.8 Å². The molecule has 6 heterocycles. The van der Waals surface area contributed by atoms with Crippen molar-refractivity contribution in [3.05, 3.63) is 73.6 Å². The fraction of sp³-hybridized carbons (Fsp3) is 0.111. The number of carbonyl (C=O) groups excluding carboxylic acids is 1. The standard InChI is InChI=1S/C27H22N8O/c1-15(2)27(36)32-19-9-17(12-29-14-19)18-10-22-24(34-35-26(22)31-13-18)23-11-21-20(5-8-30-25(21)33-23)16-3-6-28-7-4-16/h3-15H,1-2H3,(H,30,33)(H,32,36)(H,31,34,35). The van der Waals surface area contributed by atoms with E-state index in [1.165, 1.54) is 0 Å². The number of H-pyrrole nitrogens is 2. The van der Waals surface area contributed by atoms with E-state index >= 15 is 0 Å². The monoisotopic (exact) mass is 474 g/mol. The van der Waals surface area contributed by atoms with Gasteiger partial charge in [-0.3, -0.25) is 19.9 Å². The molecular formula is C27H22N8O. The van der Waals surface area contributed by atoms with E-state index in [0.29, 0.717) is 11.3 Å². The van der Waals surface area contributed by atoms with Gasteiger partial charge in [0.1, 0.15) is 5.65 Å². The highest BCUT2D eigenvalue weighted by Crippen LogP contribution is 2.34. The van der Waals surface area contributed by atoms with Crippen LogP contribution in [0.25, 0.3) is 55.7 Å². The van der Waals surface area contributed by atoms with Crippen molar-refractivity contribution in [3.63, 3.8) is 0 Å². The largest absolute Gasteiger partial charge is 0.338 e. The highest BCUT2D eigenvalue weighted by atomic mass is 16.1. The molecule has 6 aromatic heterocycles. The van der Waals surface area contributed by atoms with Crippen molar-refractivity contribution in [2.24, 2.45) is 5.92 Å². The molecule has 0 aliphatic carbocycles. The molecule has 0 bridgehead atoms. The maximum atomic E-state index is 12.1. The number of aromatic amines is 2. The Balaban J connectivity index is 1.41. The van der Waals surface area contributed by atoms with E-state index in [1.54, 1.807) is 37.2 Å². The molecule has 0 saturated heterocycles. The molecule has 0 aliphatic heterocycles. The molecule has 36 heavy (non-hydrogen) atoms. The summed E-state index contributed by atoms with van der Waals surface area (Å²) in [5.74, 6) is -0.178. The molecule has 0 atom stereocenters. The number of nitrogens with zero attached hydrogens (tertiary/aromatic N) is 5. The summed E-state index contributed by atoms with van der Waals surface area (Å²) in [6, 6.07) is 11.9. The van der Waals surface area contributed by atoms with Crippen LogP contribution in [-0.4, -0.2) is 41.0 Å². The van der Waals surface area contributed by atoms with Crippen molar-refractivity contribution < 1.29 is 4.79 Å². The lowest BCUT2D eigenvalue weighted by molar-refractivity contribution is -0.118. The summed E-state index contributed by atoms with van der Waals surface area (Å²) < 4.78 is 0. The number of carbonyl (C=O) groups is 1. The van der Waals surface area contributed by atoms with Gasteiger partial charge in [-0.05, 0) is 47.5 Å². The molecule has 0 saturated carbocycles. The molecule has 3 N–H and O–H groups in total. The first-order chi connectivity index (χ1) is 17.6. The minimum Gasteiger partial charge on any atom is -0.338 e. The SMILES string of the molecule is CC(C)C(=O)Nc1cncc(-c2cnc3n[nH]c(-c4cc5c(-c6ccncc6)ccnc5[nH]4)c3c2)c1. The molecule has 9 heteroatoms. The van der Waals surface area contributed by atoms with E-state index in [9.17, 15) is 4.79 Å². The van der Waals surface area contributed by atoms with Gasteiger partial charge in [0.25, 0.3) is 0 Å². The Morgan fingerprint density at radius 2 is 1.69 bits per heavy atom. The van der Waals surface area contributed by atoms with Crippen molar-refractivity contribution in [1.82, 2.24) is 35.1 Å². The number of fused-ring (bicyclic) bond motifs is 2. The highest BCUT2D eigenvalue weighted by Gasteiger charge is 2.16. The topological polar surface area (TPSA) is 125 Å². The van der Waals surface area contributed by atoms with E-state index in [4.69, 9.17) is 0 Å². The minimum atomic E-state index is -0.120. The average molecular weight is 475 g/mol.